The number of hydrogen-bond donors (Lipinski definition) is 1. The first-order valence-corrected chi connectivity index (χ1v) is 6.74. The smallest absolute Gasteiger partial charge is 0.318 e. The number of nitrogens with zero attached hydrogens (tertiary/aromatic N) is 1. The van der Waals surface area contributed by atoms with E-state index in [1.165, 1.54) is 6.07 Å². The molecule has 0 radical (unpaired) electrons. The van der Waals surface area contributed by atoms with Crippen LogP contribution >= 0.6 is 0 Å². The van der Waals surface area contributed by atoms with Crippen LogP contribution in [0.5, 0.6) is 0 Å². The highest BCUT2D eigenvalue weighted by molar-refractivity contribution is 5.85. The van der Waals surface area contributed by atoms with Crippen LogP contribution in [-0.2, 0) is 10.2 Å². The standard InChI is InChI=1S/C17H14FNO2/c18-15-9-13(10-19-11-15)12-4-3-5-14(8-12)17(16(20)21)6-1-2-7-17/h1,3-6,8-11H,2,7H2,(H,20,21). The average molecular weight is 283 g/mol. The second kappa shape index (κ2) is 5.13. The van der Waals surface area contributed by atoms with Crippen LogP contribution in [0.3, 0.4) is 0 Å². The number of carboxylic acids is 1. The summed E-state index contributed by atoms with van der Waals surface area (Å²) < 4.78 is 13.3. The molecule has 1 unspecified atom stereocenters. The predicted octanol–water partition coefficient (Wildman–Crippen LogP) is 3.56. The van der Waals surface area contributed by atoms with Crippen molar-refractivity contribution in [3.05, 3.63) is 66.3 Å². The third-order valence-corrected chi connectivity index (χ3v) is 3.91. The number of benzene rings is 1. The normalized spacial score (nSPS) is 20.6. The van der Waals surface area contributed by atoms with E-state index in [9.17, 15) is 14.3 Å². The van der Waals surface area contributed by atoms with Gasteiger partial charge in [-0.15, -0.1) is 0 Å². The Morgan fingerprint density at radius 2 is 2.10 bits per heavy atom. The Bertz CT molecular complexity index is 726. The lowest BCUT2D eigenvalue weighted by Crippen LogP contribution is -2.31. The number of hydrogen-bond acceptors (Lipinski definition) is 2. The van der Waals surface area contributed by atoms with Crippen molar-refractivity contribution in [2.45, 2.75) is 18.3 Å². The lowest BCUT2D eigenvalue weighted by Gasteiger charge is -2.23. The fourth-order valence-electron chi connectivity index (χ4n) is 2.77. The van der Waals surface area contributed by atoms with E-state index in [1.54, 1.807) is 30.5 Å². The zero-order valence-electron chi connectivity index (χ0n) is 11.3. The van der Waals surface area contributed by atoms with Gasteiger partial charge in [0.1, 0.15) is 11.2 Å². The Balaban J connectivity index is 2.08. The van der Waals surface area contributed by atoms with Gasteiger partial charge < -0.3 is 5.11 Å². The minimum atomic E-state index is -0.975. The van der Waals surface area contributed by atoms with Crippen LogP contribution in [0.15, 0.2) is 54.9 Å². The molecule has 106 valence electrons. The fraction of sp³-hybridized carbons (Fsp3) is 0.176. The summed E-state index contributed by atoms with van der Waals surface area (Å²) in [4.78, 5) is 15.5. The largest absolute Gasteiger partial charge is 0.480 e. The molecule has 1 aliphatic rings. The second-order valence-electron chi connectivity index (χ2n) is 5.19. The Hall–Kier alpha value is -2.49. The lowest BCUT2D eigenvalue weighted by atomic mass is 9.79. The molecule has 1 aliphatic carbocycles. The third-order valence-electron chi connectivity index (χ3n) is 3.91. The first-order valence-electron chi connectivity index (χ1n) is 6.74. The highest BCUT2D eigenvalue weighted by atomic mass is 19.1. The minimum absolute atomic E-state index is 0.411. The Kier molecular flexibility index (Phi) is 3.29. The molecule has 0 fully saturated rings. The van der Waals surface area contributed by atoms with E-state index < -0.39 is 17.2 Å². The molecule has 0 saturated heterocycles. The quantitative estimate of drug-likeness (QED) is 0.876. The van der Waals surface area contributed by atoms with Crippen LogP contribution in [0, 0.1) is 5.82 Å². The number of carbonyl (C=O) groups is 1. The molecule has 0 saturated carbocycles. The first kappa shape index (κ1) is 13.5. The van der Waals surface area contributed by atoms with Crippen molar-refractivity contribution in [2.24, 2.45) is 0 Å². The summed E-state index contributed by atoms with van der Waals surface area (Å²) in [7, 11) is 0. The van der Waals surface area contributed by atoms with Gasteiger partial charge in [0.25, 0.3) is 0 Å². The fourth-order valence-corrected chi connectivity index (χ4v) is 2.77. The maximum absolute atomic E-state index is 13.3. The number of halogens is 1. The molecule has 21 heavy (non-hydrogen) atoms. The summed E-state index contributed by atoms with van der Waals surface area (Å²) in [6, 6.07) is 8.63. The topological polar surface area (TPSA) is 50.2 Å². The van der Waals surface area contributed by atoms with E-state index in [4.69, 9.17) is 0 Å². The van der Waals surface area contributed by atoms with Crippen molar-refractivity contribution >= 4 is 5.97 Å². The van der Waals surface area contributed by atoms with Crippen molar-refractivity contribution in [2.75, 3.05) is 0 Å². The number of aliphatic carboxylic acids is 1. The van der Waals surface area contributed by atoms with E-state index in [-0.39, 0.29) is 0 Å². The summed E-state index contributed by atoms with van der Waals surface area (Å²) in [5.74, 6) is -1.27. The van der Waals surface area contributed by atoms with Gasteiger partial charge in [0.2, 0.25) is 0 Å². The number of pyridine rings is 1. The number of allylic oxidation sites excluding steroid dienone is 1. The Labute approximate surface area is 121 Å². The molecule has 0 spiro atoms. The van der Waals surface area contributed by atoms with Gasteiger partial charge in [0.15, 0.2) is 0 Å². The van der Waals surface area contributed by atoms with Crippen LogP contribution in [0.1, 0.15) is 18.4 Å². The lowest BCUT2D eigenvalue weighted by molar-refractivity contribution is -0.141. The summed E-state index contributed by atoms with van der Waals surface area (Å²) in [6.07, 6.45) is 7.65. The van der Waals surface area contributed by atoms with E-state index in [1.807, 2.05) is 12.1 Å². The van der Waals surface area contributed by atoms with Gasteiger partial charge in [-0.3, -0.25) is 9.78 Å². The van der Waals surface area contributed by atoms with Gasteiger partial charge in [-0.05, 0) is 36.1 Å². The second-order valence-corrected chi connectivity index (χ2v) is 5.19. The zero-order valence-corrected chi connectivity index (χ0v) is 11.3. The number of carboxylic acid groups (broad SMARTS) is 1. The summed E-state index contributed by atoms with van der Waals surface area (Å²) in [5.41, 5.74) is 1.14. The number of aromatic nitrogens is 1. The Morgan fingerprint density at radius 1 is 1.24 bits per heavy atom. The van der Waals surface area contributed by atoms with Crippen molar-refractivity contribution in [3.8, 4) is 11.1 Å². The molecule has 4 heteroatoms. The van der Waals surface area contributed by atoms with Crippen LogP contribution in [0.25, 0.3) is 11.1 Å². The highest BCUT2D eigenvalue weighted by Crippen LogP contribution is 2.37. The molecule has 1 atom stereocenters. The van der Waals surface area contributed by atoms with Crippen molar-refractivity contribution in [3.63, 3.8) is 0 Å². The van der Waals surface area contributed by atoms with Gasteiger partial charge >= 0.3 is 5.97 Å². The average Bonchev–Trinajstić information content (AvgIpc) is 2.98. The van der Waals surface area contributed by atoms with E-state index >= 15 is 0 Å². The summed E-state index contributed by atoms with van der Waals surface area (Å²) in [6.45, 7) is 0. The number of rotatable bonds is 3. The minimum Gasteiger partial charge on any atom is -0.480 e. The van der Waals surface area contributed by atoms with Crippen LogP contribution in [0.2, 0.25) is 0 Å². The van der Waals surface area contributed by atoms with Crippen LogP contribution < -0.4 is 0 Å². The molecule has 1 N–H and O–H groups in total. The molecule has 0 amide bonds. The van der Waals surface area contributed by atoms with E-state index in [0.717, 1.165) is 18.2 Å². The van der Waals surface area contributed by atoms with Crippen molar-refractivity contribution in [1.82, 2.24) is 4.98 Å². The van der Waals surface area contributed by atoms with Gasteiger partial charge in [-0.2, -0.15) is 0 Å². The maximum Gasteiger partial charge on any atom is 0.318 e. The van der Waals surface area contributed by atoms with Crippen LogP contribution in [-0.4, -0.2) is 16.1 Å². The zero-order chi connectivity index (χ0) is 14.9. The molecule has 1 aromatic carbocycles. The molecule has 3 nitrogen and oxygen atoms in total. The molecule has 1 heterocycles. The van der Waals surface area contributed by atoms with Gasteiger partial charge in [-0.1, -0.05) is 30.4 Å². The van der Waals surface area contributed by atoms with Crippen LogP contribution in [0.4, 0.5) is 4.39 Å². The van der Waals surface area contributed by atoms with E-state index in [2.05, 4.69) is 4.98 Å². The van der Waals surface area contributed by atoms with Gasteiger partial charge in [0, 0.05) is 11.8 Å². The maximum atomic E-state index is 13.3. The summed E-state index contributed by atoms with van der Waals surface area (Å²) in [5, 5.41) is 9.60. The SMILES string of the molecule is O=C(O)C1(c2cccc(-c3cncc(F)c3)c2)C=CCC1. The molecular formula is C17H14FNO2. The first-order chi connectivity index (χ1) is 10.1. The monoisotopic (exact) mass is 283 g/mol. The summed E-state index contributed by atoms with van der Waals surface area (Å²) >= 11 is 0. The van der Waals surface area contributed by atoms with Gasteiger partial charge in [-0.25, -0.2) is 4.39 Å². The molecule has 1 aromatic heterocycles. The predicted molar refractivity (Wildman–Crippen MR) is 77.3 cm³/mol. The van der Waals surface area contributed by atoms with Crippen molar-refractivity contribution < 1.29 is 14.3 Å². The molecular weight excluding hydrogens is 269 g/mol. The molecule has 0 bridgehead atoms. The highest BCUT2D eigenvalue weighted by Gasteiger charge is 2.39. The molecule has 0 aliphatic heterocycles. The molecule has 2 aromatic rings. The van der Waals surface area contributed by atoms with Gasteiger partial charge in [0.05, 0.1) is 6.20 Å². The van der Waals surface area contributed by atoms with E-state index in [0.29, 0.717) is 17.5 Å². The Morgan fingerprint density at radius 3 is 2.76 bits per heavy atom. The molecule has 3 rings (SSSR count). The van der Waals surface area contributed by atoms with Crippen molar-refractivity contribution in [1.29, 1.82) is 0 Å². The third kappa shape index (κ3) is 2.33.